The van der Waals surface area contributed by atoms with Gasteiger partial charge in [0.05, 0.1) is 12.7 Å². The monoisotopic (exact) mass is 378 g/mol. The van der Waals surface area contributed by atoms with Crippen LogP contribution in [0.5, 0.6) is 11.5 Å². The lowest BCUT2D eigenvalue weighted by Crippen LogP contribution is -2.20. The lowest BCUT2D eigenvalue weighted by Gasteiger charge is -2.13. The van der Waals surface area contributed by atoms with E-state index in [2.05, 4.69) is 10.9 Å². The zero-order chi connectivity index (χ0) is 19.8. The summed E-state index contributed by atoms with van der Waals surface area (Å²) in [6.45, 7) is 0.936. The highest BCUT2D eigenvalue weighted by atomic mass is 16.5. The number of benzene rings is 3. The Kier molecular flexibility index (Phi) is 6.49. The molecule has 0 amide bonds. The Morgan fingerprint density at radius 1 is 0.929 bits per heavy atom. The Balaban J connectivity index is 1.57. The molecule has 0 aliphatic carbocycles. The van der Waals surface area contributed by atoms with Crippen molar-refractivity contribution in [1.29, 1.82) is 0 Å². The fourth-order valence-electron chi connectivity index (χ4n) is 2.62. The van der Waals surface area contributed by atoms with Crippen LogP contribution in [0.2, 0.25) is 0 Å². The standard InChI is InChI=1S/C22H22N2O4/c1-27-21-13-17(14-23-24-19-5-3-2-4-6-19)9-12-20(21)28-15-16-7-10-18(11-8-16)22(25)26/h2-13,23-24H,14-15H2,1H3,(H,25,26). The molecule has 3 N–H and O–H groups in total. The quantitative estimate of drug-likeness (QED) is 0.487. The Morgan fingerprint density at radius 3 is 2.32 bits per heavy atom. The van der Waals surface area contributed by atoms with Crippen LogP contribution in [0.25, 0.3) is 0 Å². The van der Waals surface area contributed by atoms with Crippen LogP contribution >= 0.6 is 0 Å². The number of anilines is 1. The second-order valence-electron chi connectivity index (χ2n) is 6.12. The van der Waals surface area contributed by atoms with E-state index in [-0.39, 0.29) is 5.56 Å². The first-order chi connectivity index (χ1) is 13.7. The van der Waals surface area contributed by atoms with E-state index in [1.54, 1.807) is 31.4 Å². The van der Waals surface area contributed by atoms with Crippen LogP contribution in [0, 0.1) is 0 Å². The summed E-state index contributed by atoms with van der Waals surface area (Å²) in [6, 6.07) is 22.2. The topological polar surface area (TPSA) is 79.8 Å². The first-order valence-corrected chi connectivity index (χ1v) is 8.81. The molecule has 0 saturated carbocycles. The number of hydrogen-bond donors (Lipinski definition) is 3. The van der Waals surface area contributed by atoms with E-state index in [1.165, 1.54) is 0 Å². The van der Waals surface area contributed by atoms with Gasteiger partial charge in [-0.25, -0.2) is 10.2 Å². The number of carbonyl (C=O) groups is 1. The number of para-hydroxylation sites is 1. The summed E-state index contributed by atoms with van der Waals surface area (Å²) in [5, 5.41) is 8.95. The molecule has 144 valence electrons. The van der Waals surface area contributed by atoms with Crippen molar-refractivity contribution in [2.75, 3.05) is 12.5 Å². The Morgan fingerprint density at radius 2 is 1.64 bits per heavy atom. The predicted octanol–water partition coefficient (Wildman–Crippen LogP) is 4.09. The molecule has 28 heavy (non-hydrogen) atoms. The molecule has 3 rings (SSSR count). The fraction of sp³-hybridized carbons (Fsp3) is 0.136. The molecular weight excluding hydrogens is 356 g/mol. The van der Waals surface area contributed by atoms with E-state index in [0.29, 0.717) is 24.7 Å². The number of ether oxygens (including phenoxy) is 2. The largest absolute Gasteiger partial charge is 0.493 e. The molecule has 0 bridgehead atoms. The number of hydrazine groups is 1. The van der Waals surface area contributed by atoms with Crippen molar-refractivity contribution in [3.63, 3.8) is 0 Å². The molecule has 0 aromatic heterocycles. The zero-order valence-electron chi connectivity index (χ0n) is 15.5. The number of carboxylic acids is 1. The second-order valence-corrected chi connectivity index (χ2v) is 6.12. The number of aromatic carboxylic acids is 1. The first kappa shape index (κ1) is 19.3. The van der Waals surface area contributed by atoms with Gasteiger partial charge in [0.2, 0.25) is 0 Å². The third kappa shape index (κ3) is 5.25. The van der Waals surface area contributed by atoms with Gasteiger partial charge in [-0.3, -0.25) is 0 Å². The highest BCUT2D eigenvalue weighted by molar-refractivity contribution is 5.87. The molecule has 6 heteroatoms. The van der Waals surface area contributed by atoms with E-state index in [0.717, 1.165) is 16.8 Å². The van der Waals surface area contributed by atoms with Crippen molar-refractivity contribution in [3.8, 4) is 11.5 Å². The van der Waals surface area contributed by atoms with Gasteiger partial charge in [-0.1, -0.05) is 36.4 Å². The molecule has 0 aliphatic rings. The number of carboxylic acid groups (broad SMARTS) is 1. The molecule has 0 spiro atoms. The van der Waals surface area contributed by atoms with Crippen LogP contribution < -0.4 is 20.3 Å². The van der Waals surface area contributed by atoms with Gasteiger partial charge in [0.25, 0.3) is 0 Å². The van der Waals surface area contributed by atoms with Crippen molar-refractivity contribution in [3.05, 3.63) is 89.5 Å². The Labute approximate surface area is 163 Å². The molecule has 0 unspecified atom stereocenters. The average Bonchev–Trinajstić information content (AvgIpc) is 2.73. The van der Waals surface area contributed by atoms with Gasteiger partial charge in [0.1, 0.15) is 6.61 Å². The van der Waals surface area contributed by atoms with Gasteiger partial charge in [-0.2, -0.15) is 0 Å². The lowest BCUT2D eigenvalue weighted by molar-refractivity contribution is 0.0697. The minimum atomic E-state index is -0.944. The molecule has 0 fully saturated rings. The third-order valence-electron chi connectivity index (χ3n) is 4.12. The van der Waals surface area contributed by atoms with Crippen LogP contribution in [0.4, 0.5) is 5.69 Å². The number of rotatable bonds is 9. The highest BCUT2D eigenvalue weighted by Gasteiger charge is 2.07. The molecule has 0 radical (unpaired) electrons. The van der Waals surface area contributed by atoms with Gasteiger partial charge in [0, 0.05) is 12.2 Å². The maximum Gasteiger partial charge on any atom is 0.335 e. The molecule has 0 heterocycles. The summed E-state index contributed by atoms with van der Waals surface area (Å²) in [6.07, 6.45) is 0. The molecule has 6 nitrogen and oxygen atoms in total. The average molecular weight is 378 g/mol. The Bertz CT molecular complexity index is 912. The SMILES string of the molecule is COc1cc(CNNc2ccccc2)ccc1OCc1ccc(C(=O)O)cc1. The first-order valence-electron chi connectivity index (χ1n) is 8.81. The highest BCUT2D eigenvalue weighted by Crippen LogP contribution is 2.29. The van der Waals surface area contributed by atoms with Gasteiger partial charge >= 0.3 is 5.97 Å². The lowest BCUT2D eigenvalue weighted by atomic mass is 10.1. The van der Waals surface area contributed by atoms with Crippen LogP contribution in [-0.4, -0.2) is 18.2 Å². The smallest absolute Gasteiger partial charge is 0.335 e. The molecular formula is C22H22N2O4. The van der Waals surface area contributed by atoms with Gasteiger partial charge in [0.15, 0.2) is 11.5 Å². The van der Waals surface area contributed by atoms with Crippen molar-refractivity contribution in [2.45, 2.75) is 13.2 Å². The summed E-state index contributed by atoms with van der Waals surface area (Å²) in [4.78, 5) is 10.9. The van der Waals surface area contributed by atoms with Crippen molar-refractivity contribution in [1.82, 2.24) is 5.43 Å². The minimum Gasteiger partial charge on any atom is -0.493 e. The van der Waals surface area contributed by atoms with Crippen molar-refractivity contribution >= 4 is 11.7 Å². The van der Waals surface area contributed by atoms with Crippen LogP contribution in [0.3, 0.4) is 0 Å². The summed E-state index contributed by atoms with van der Waals surface area (Å²) in [5.41, 5.74) is 9.47. The maximum atomic E-state index is 10.9. The summed E-state index contributed by atoms with van der Waals surface area (Å²) < 4.78 is 11.3. The van der Waals surface area contributed by atoms with E-state index >= 15 is 0 Å². The van der Waals surface area contributed by atoms with Gasteiger partial charge in [-0.05, 0) is 47.5 Å². The van der Waals surface area contributed by atoms with Gasteiger partial charge < -0.3 is 20.0 Å². The number of hydrogen-bond acceptors (Lipinski definition) is 5. The summed E-state index contributed by atoms with van der Waals surface area (Å²) in [7, 11) is 1.60. The predicted molar refractivity (Wildman–Crippen MR) is 108 cm³/mol. The summed E-state index contributed by atoms with van der Waals surface area (Å²) in [5.74, 6) is 0.325. The molecule has 0 atom stereocenters. The van der Waals surface area contributed by atoms with Crippen molar-refractivity contribution in [2.24, 2.45) is 0 Å². The molecule has 0 aliphatic heterocycles. The third-order valence-corrected chi connectivity index (χ3v) is 4.12. The number of methoxy groups -OCH3 is 1. The van der Waals surface area contributed by atoms with Crippen LogP contribution in [-0.2, 0) is 13.2 Å². The summed E-state index contributed by atoms with van der Waals surface area (Å²) >= 11 is 0. The Hall–Kier alpha value is -3.51. The second kappa shape index (κ2) is 9.43. The maximum absolute atomic E-state index is 10.9. The van der Waals surface area contributed by atoms with E-state index in [9.17, 15) is 4.79 Å². The van der Waals surface area contributed by atoms with E-state index in [4.69, 9.17) is 14.6 Å². The van der Waals surface area contributed by atoms with E-state index in [1.807, 2.05) is 48.5 Å². The van der Waals surface area contributed by atoms with E-state index < -0.39 is 5.97 Å². The normalized spacial score (nSPS) is 10.3. The minimum absolute atomic E-state index is 0.252. The van der Waals surface area contributed by atoms with Crippen LogP contribution in [0.15, 0.2) is 72.8 Å². The molecule has 0 saturated heterocycles. The van der Waals surface area contributed by atoms with Crippen LogP contribution in [0.1, 0.15) is 21.5 Å². The zero-order valence-corrected chi connectivity index (χ0v) is 15.5. The van der Waals surface area contributed by atoms with Crippen molar-refractivity contribution < 1.29 is 19.4 Å². The molecule has 3 aromatic carbocycles. The fourth-order valence-corrected chi connectivity index (χ4v) is 2.62. The number of nitrogens with one attached hydrogen (secondary N) is 2. The molecule has 3 aromatic rings. The van der Waals surface area contributed by atoms with Gasteiger partial charge in [-0.15, -0.1) is 0 Å².